The van der Waals surface area contributed by atoms with Crippen molar-refractivity contribution in [2.45, 2.75) is 19.1 Å². The number of carbonyl (C=O) groups is 2. The van der Waals surface area contributed by atoms with Crippen molar-refractivity contribution in [2.75, 3.05) is 13.7 Å². The predicted molar refractivity (Wildman–Crippen MR) is 92.9 cm³/mol. The van der Waals surface area contributed by atoms with Crippen molar-refractivity contribution in [3.05, 3.63) is 59.4 Å². The monoisotopic (exact) mass is 379 g/mol. The zero-order chi connectivity index (χ0) is 18.8. The van der Waals surface area contributed by atoms with Crippen LogP contribution in [0.2, 0.25) is 5.15 Å². The molecule has 1 unspecified atom stereocenters. The number of hydrogen-bond donors (Lipinski definition) is 0. The summed E-state index contributed by atoms with van der Waals surface area (Å²) in [5.41, 5.74) is 0.843. The van der Waals surface area contributed by atoms with Gasteiger partial charge in [0, 0.05) is 6.42 Å². The lowest BCUT2D eigenvalue weighted by Gasteiger charge is -2.16. The van der Waals surface area contributed by atoms with E-state index in [1.165, 1.54) is 19.4 Å². The molecule has 26 heavy (non-hydrogen) atoms. The maximum absolute atomic E-state index is 11.8. The molecule has 7 nitrogen and oxygen atoms in total. The van der Waals surface area contributed by atoms with E-state index in [9.17, 15) is 9.59 Å². The molecule has 1 heterocycles. The molecular formula is C18H18ClNO6. The van der Waals surface area contributed by atoms with Gasteiger partial charge in [-0.25, -0.2) is 14.6 Å². The fraction of sp³-hybridized carbons (Fsp3) is 0.278. The first-order valence-corrected chi connectivity index (χ1v) is 8.16. The molecule has 0 saturated carbocycles. The Morgan fingerprint density at radius 3 is 2.54 bits per heavy atom. The normalized spacial score (nSPS) is 11.3. The molecule has 1 aromatic carbocycles. The van der Waals surface area contributed by atoms with Gasteiger partial charge < -0.3 is 18.9 Å². The smallest absolute Gasteiger partial charge is 0.477 e. The van der Waals surface area contributed by atoms with Crippen molar-refractivity contribution in [1.82, 2.24) is 4.98 Å². The quantitative estimate of drug-likeness (QED) is 0.513. The molecule has 1 atom stereocenters. The number of aromatic nitrogens is 1. The summed E-state index contributed by atoms with van der Waals surface area (Å²) in [6.07, 6.45) is -0.307. The van der Waals surface area contributed by atoms with Crippen molar-refractivity contribution in [3.8, 4) is 5.75 Å². The third kappa shape index (κ3) is 6.60. The summed E-state index contributed by atoms with van der Waals surface area (Å²) in [5.74, 6) is -0.252. The highest BCUT2D eigenvalue weighted by atomic mass is 35.5. The summed E-state index contributed by atoms with van der Waals surface area (Å²) in [6.45, 7) is 0.0292. The molecule has 1 aromatic heterocycles. The van der Waals surface area contributed by atoms with E-state index >= 15 is 0 Å². The van der Waals surface area contributed by atoms with Crippen LogP contribution in [0, 0.1) is 0 Å². The van der Waals surface area contributed by atoms with Gasteiger partial charge in [0.05, 0.1) is 19.9 Å². The van der Waals surface area contributed by atoms with Crippen LogP contribution in [0.4, 0.5) is 4.79 Å². The summed E-state index contributed by atoms with van der Waals surface area (Å²) in [4.78, 5) is 27.3. The summed E-state index contributed by atoms with van der Waals surface area (Å²) < 4.78 is 20.1. The van der Waals surface area contributed by atoms with Crippen molar-refractivity contribution >= 4 is 23.7 Å². The Hall–Kier alpha value is -2.80. The molecule has 2 rings (SSSR count). The molecule has 0 saturated heterocycles. The van der Waals surface area contributed by atoms with Crippen LogP contribution in [0.1, 0.15) is 12.0 Å². The largest absolute Gasteiger partial charge is 0.508 e. The lowest BCUT2D eigenvalue weighted by molar-refractivity contribution is -0.149. The lowest BCUT2D eigenvalue weighted by atomic mass is 10.2. The molecule has 0 aliphatic rings. The standard InChI is InChI=1S/C18H18ClNO6/c1-23-17(21)15(26-14-7-8-16(19)20-11-14)9-10-24-18(22)25-12-13-5-3-2-4-6-13/h2-8,11,15H,9-10,12H2,1H3. The van der Waals surface area contributed by atoms with Crippen LogP contribution in [0.25, 0.3) is 0 Å². The number of ether oxygens (including phenoxy) is 4. The third-order valence-electron chi connectivity index (χ3n) is 3.24. The molecule has 0 fully saturated rings. The first-order chi connectivity index (χ1) is 12.6. The number of rotatable bonds is 8. The Balaban J connectivity index is 1.78. The topological polar surface area (TPSA) is 84.0 Å². The fourth-order valence-corrected chi connectivity index (χ4v) is 2.07. The molecular weight excluding hydrogens is 362 g/mol. The van der Waals surface area contributed by atoms with Gasteiger partial charge in [0.25, 0.3) is 0 Å². The Morgan fingerprint density at radius 2 is 1.88 bits per heavy atom. The first-order valence-electron chi connectivity index (χ1n) is 7.78. The van der Waals surface area contributed by atoms with Gasteiger partial charge in [-0.1, -0.05) is 41.9 Å². The maximum Gasteiger partial charge on any atom is 0.508 e. The fourth-order valence-electron chi connectivity index (χ4n) is 1.96. The second-order valence-corrected chi connectivity index (χ2v) is 5.49. The number of nitrogens with zero attached hydrogens (tertiary/aromatic N) is 1. The van der Waals surface area contributed by atoms with Gasteiger partial charge in [-0.2, -0.15) is 0 Å². The van der Waals surface area contributed by atoms with Gasteiger partial charge in [0.1, 0.15) is 17.5 Å². The number of carbonyl (C=O) groups excluding carboxylic acids is 2. The van der Waals surface area contributed by atoms with E-state index in [0.717, 1.165) is 5.56 Å². The van der Waals surface area contributed by atoms with E-state index in [1.54, 1.807) is 6.07 Å². The molecule has 0 aliphatic carbocycles. The van der Waals surface area contributed by atoms with E-state index in [0.29, 0.717) is 10.9 Å². The lowest BCUT2D eigenvalue weighted by Crippen LogP contribution is -2.30. The van der Waals surface area contributed by atoms with Gasteiger partial charge in [-0.3, -0.25) is 0 Å². The van der Waals surface area contributed by atoms with Crippen LogP contribution in [0.3, 0.4) is 0 Å². The van der Waals surface area contributed by atoms with Crippen LogP contribution in [0.15, 0.2) is 48.7 Å². The second kappa shape index (κ2) is 10.2. The van der Waals surface area contributed by atoms with E-state index in [1.807, 2.05) is 30.3 Å². The van der Waals surface area contributed by atoms with Crippen molar-refractivity contribution in [1.29, 1.82) is 0 Å². The van der Waals surface area contributed by atoms with Crippen molar-refractivity contribution in [3.63, 3.8) is 0 Å². The highest BCUT2D eigenvalue weighted by Crippen LogP contribution is 2.15. The van der Waals surface area contributed by atoms with E-state index in [4.69, 9.17) is 25.8 Å². The minimum atomic E-state index is -0.954. The Morgan fingerprint density at radius 1 is 1.12 bits per heavy atom. The van der Waals surface area contributed by atoms with Crippen LogP contribution >= 0.6 is 11.6 Å². The Kier molecular flexibility index (Phi) is 7.70. The van der Waals surface area contributed by atoms with E-state index in [2.05, 4.69) is 9.72 Å². The van der Waals surface area contributed by atoms with Crippen molar-refractivity contribution < 1.29 is 28.5 Å². The molecule has 8 heteroatoms. The van der Waals surface area contributed by atoms with Gasteiger partial charge in [0.15, 0.2) is 6.10 Å². The summed E-state index contributed by atoms with van der Waals surface area (Å²) in [7, 11) is 1.24. The van der Waals surface area contributed by atoms with E-state index < -0.39 is 18.2 Å². The highest BCUT2D eigenvalue weighted by Gasteiger charge is 2.22. The van der Waals surface area contributed by atoms with Crippen LogP contribution < -0.4 is 4.74 Å². The van der Waals surface area contributed by atoms with Crippen LogP contribution in [0.5, 0.6) is 5.75 Å². The summed E-state index contributed by atoms with van der Waals surface area (Å²) in [5, 5.41) is 0.302. The Bertz CT molecular complexity index is 707. The zero-order valence-corrected chi connectivity index (χ0v) is 14.8. The number of halogens is 1. The number of hydrogen-bond acceptors (Lipinski definition) is 7. The molecule has 138 valence electrons. The Labute approximate surface area is 155 Å². The number of esters is 1. The molecule has 0 radical (unpaired) electrons. The molecule has 0 amide bonds. The first kappa shape index (κ1) is 19.5. The molecule has 0 N–H and O–H groups in total. The predicted octanol–water partition coefficient (Wildman–Crippen LogP) is 3.40. The highest BCUT2D eigenvalue weighted by molar-refractivity contribution is 6.29. The van der Waals surface area contributed by atoms with Gasteiger partial charge >= 0.3 is 12.1 Å². The number of benzene rings is 1. The number of pyridine rings is 1. The van der Waals surface area contributed by atoms with Crippen LogP contribution in [-0.2, 0) is 25.6 Å². The molecule has 2 aromatic rings. The molecule has 0 bridgehead atoms. The minimum Gasteiger partial charge on any atom is -0.477 e. The maximum atomic E-state index is 11.8. The van der Waals surface area contributed by atoms with Gasteiger partial charge in [-0.15, -0.1) is 0 Å². The summed E-state index contributed by atoms with van der Waals surface area (Å²) in [6, 6.07) is 12.3. The molecule has 0 aliphatic heterocycles. The summed E-state index contributed by atoms with van der Waals surface area (Å²) >= 11 is 5.70. The minimum absolute atomic E-state index is 0.0750. The van der Waals surface area contributed by atoms with Crippen molar-refractivity contribution in [2.24, 2.45) is 0 Å². The zero-order valence-electron chi connectivity index (χ0n) is 14.1. The van der Waals surface area contributed by atoms with E-state index in [-0.39, 0.29) is 19.6 Å². The average molecular weight is 380 g/mol. The second-order valence-electron chi connectivity index (χ2n) is 5.11. The molecule has 0 spiro atoms. The number of methoxy groups -OCH3 is 1. The van der Waals surface area contributed by atoms with Crippen LogP contribution in [-0.4, -0.2) is 36.9 Å². The van der Waals surface area contributed by atoms with Gasteiger partial charge in [-0.05, 0) is 17.7 Å². The average Bonchev–Trinajstić information content (AvgIpc) is 2.67. The third-order valence-corrected chi connectivity index (χ3v) is 3.47. The van der Waals surface area contributed by atoms with Gasteiger partial charge in [0.2, 0.25) is 0 Å². The SMILES string of the molecule is COC(=O)C(CCOC(=O)OCc1ccccc1)Oc1ccc(Cl)nc1.